The number of benzene rings is 1. The smallest absolute Gasteiger partial charge is 0.344 e. The van der Waals surface area contributed by atoms with Crippen molar-refractivity contribution < 1.29 is 14.6 Å². The zero-order valence-electron chi connectivity index (χ0n) is 9.73. The van der Waals surface area contributed by atoms with Gasteiger partial charge in [0.2, 0.25) is 0 Å². The van der Waals surface area contributed by atoms with E-state index in [-0.39, 0.29) is 6.04 Å². The maximum Gasteiger partial charge on any atom is 0.344 e. The lowest BCUT2D eigenvalue weighted by molar-refractivity contribution is -0.144. The van der Waals surface area contributed by atoms with E-state index in [0.29, 0.717) is 5.75 Å². The lowest BCUT2D eigenvalue weighted by Crippen LogP contribution is -2.24. The van der Waals surface area contributed by atoms with E-state index in [1.54, 1.807) is 6.07 Å². The summed E-state index contributed by atoms with van der Waals surface area (Å²) in [5, 5.41) is 11.9. The van der Waals surface area contributed by atoms with Gasteiger partial charge in [-0.25, -0.2) is 4.79 Å². The van der Waals surface area contributed by atoms with Crippen molar-refractivity contribution in [1.82, 2.24) is 5.32 Å². The van der Waals surface area contributed by atoms with Gasteiger partial charge in [0, 0.05) is 11.6 Å². The zero-order chi connectivity index (χ0) is 12.1. The van der Waals surface area contributed by atoms with Gasteiger partial charge in [0.25, 0.3) is 0 Å². The van der Waals surface area contributed by atoms with Crippen molar-refractivity contribution in [3.05, 3.63) is 29.8 Å². The van der Waals surface area contributed by atoms with Crippen LogP contribution < -0.4 is 10.1 Å². The molecular formula is C12H17NO3. The highest BCUT2D eigenvalue weighted by atomic mass is 16.5. The summed E-state index contributed by atoms with van der Waals surface area (Å²) < 4.78 is 5.39. The first kappa shape index (κ1) is 12.5. The molecule has 0 aliphatic heterocycles. The van der Waals surface area contributed by atoms with E-state index in [1.165, 1.54) is 6.92 Å². The normalized spacial score (nSPS) is 14.2. The van der Waals surface area contributed by atoms with Gasteiger partial charge in [-0.1, -0.05) is 18.2 Å². The molecule has 0 fully saturated rings. The van der Waals surface area contributed by atoms with Gasteiger partial charge in [0.15, 0.2) is 6.10 Å². The van der Waals surface area contributed by atoms with Crippen LogP contribution in [0.4, 0.5) is 0 Å². The molecule has 0 aliphatic rings. The van der Waals surface area contributed by atoms with Crippen molar-refractivity contribution in [3.8, 4) is 5.75 Å². The fourth-order valence-electron chi connectivity index (χ4n) is 1.34. The van der Waals surface area contributed by atoms with E-state index in [4.69, 9.17) is 9.84 Å². The molecule has 0 saturated carbocycles. The van der Waals surface area contributed by atoms with Crippen LogP contribution in [0.5, 0.6) is 5.75 Å². The first-order chi connectivity index (χ1) is 7.56. The summed E-state index contributed by atoms with van der Waals surface area (Å²) in [6.45, 7) is 3.51. The maximum atomic E-state index is 10.7. The van der Waals surface area contributed by atoms with Crippen LogP contribution in [-0.2, 0) is 4.79 Å². The SMILES string of the molecule is CNC(C)c1ccccc1OC(C)C(=O)O. The molecule has 16 heavy (non-hydrogen) atoms. The van der Waals surface area contributed by atoms with Gasteiger partial charge in [0.05, 0.1) is 0 Å². The van der Waals surface area contributed by atoms with E-state index in [2.05, 4.69) is 5.32 Å². The lowest BCUT2D eigenvalue weighted by Gasteiger charge is -2.18. The number of aliphatic carboxylic acids is 1. The van der Waals surface area contributed by atoms with Crippen molar-refractivity contribution in [2.24, 2.45) is 0 Å². The van der Waals surface area contributed by atoms with Crippen LogP contribution in [0.25, 0.3) is 0 Å². The van der Waals surface area contributed by atoms with Crippen LogP contribution in [0.15, 0.2) is 24.3 Å². The van der Waals surface area contributed by atoms with Crippen molar-refractivity contribution in [2.45, 2.75) is 26.0 Å². The molecule has 0 aliphatic carbocycles. The van der Waals surface area contributed by atoms with Crippen LogP contribution in [0.3, 0.4) is 0 Å². The number of carboxylic acids is 1. The van der Waals surface area contributed by atoms with E-state index in [1.807, 2.05) is 32.2 Å². The number of hydrogen-bond donors (Lipinski definition) is 2. The fraction of sp³-hybridized carbons (Fsp3) is 0.417. The third-order valence-electron chi connectivity index (χ3n) is 2.47. The van der Waals surface area contributed by atoms with Crippen LogP contribution in [0, 0.1) is 0 Å². The second-order valence-electron chi connectivity index (χ2n) is 3.65. The van der Waals surface area contributed by atoms with Crippen LogP contribution in [0.2, 0.25) is 0 Å². The predicted octanol–water partition coefficient (Wildman–Crippen LogP) is 1.82. The standard InChI is InChI=1S/C12H17NO3/c1-8(13-3)10-6-4-5-7-11(10)16-9(2)12(14)15/h4-9,13H,1-3H3,(H,14,15). The van der Waals surface area contributed by atoms with Crippen LogP contribution in [-0.4, -0.2) is 24.2 Å². The monoisotopic (exact) mass is 223 g/mol. The summed E-state index contributed by atoms with van der Waals surface area (Å²) >= 11 is 0. The fourth-order valence-corrected chi connectivity index (χ4v) is 1.34. The van der Waals surface area contributed by atoms with Gasteiger partial charge in [-0.15, -0.1) is 0 Å². The molecule has 1 aromatic carbocycles. The molecule has 4 nitrogen and oxygen atoms in total. The first-order valence-corrected chi connectivity index (χ1v) is 5.22. The second kappa shape index (κ2) is 5.51. The lowest BCUT2D eigenvalue weighted by atomic mass is 10.1. The Morgan fingerprint density at radius 2 is 2.00 bits per heavy atom. The quantitative estimate of drug-likeness (QED) is 0.799. The molecule has 1 aromatic rings. The number of ether oxygens (including phenoxy) is 1. The highest BCUT2D eigenvalue weighted by Crippen LogP contribution is 2.25. The van der Waals surface area contributed by atoms with Gasteiger partial charge in [-0.3, -0.25) is 0 Å². The number of para-hydroxylation sites is 1. The molecule has 0 saturated heterocycles. The summed E-state index contributed by atoms with van der Waals surface area (Å²) in [5.41, 5.74) is 0.957. The number of rotatable bonds is 5. The van der Waals surface area contributed by atoms with Gasteiger partial charge >= 0.3 is 5.97 Å². The Morgan fingerprint density at radius 3 is 2.56 bits per heavy atom. The highest BCUT2D eigenvalue weighted by Gasteiger charge is 2.16. The number of nitrogens with one attached hydrogen (secondary N) is 1. The molecule has 0 radical (unpaired) electrons. The van der Waals surface area contributed by atoms with Gasteiger partial charge in [0.1, 0.15) is 5.75 Å². The minimum Gasteiger partial charge on any atom is -0.479 e. The van der Waals surface area contributed by atoms with E-state index in [9.17, 15) is 4.79 Å². The minimum atomic E-state index is -0.966. The molecule has 0 spiro atoms. The molecule has 2 atom stereocenters. The van der Waals surface area contributed by atoms with Crippen LogP contribution >= 0.6 is 0 Å². The summed E-state index contributed by atoms with van der Waals surface area (Å²) in [5.74, 6) is -0.355. The number of carboxylic acid groups (broad SMARTS) is 1. The maximum absolute atomic E-state index is 10.7. The number of hydrogen-bond acceptors (Lipinski definition) is 3. The summed E-state index contributed by atoms with van der Waals surface area (Å²) in [6.07, 6.45) is -0.842. The Balaban J connectivity index is 2.90. The molecule has 0 heterocycles. The van der Waals surface area contributed by atoms with Gasteiger partial charge in [-0.2, -0.15) is 0 Å². The van der Waals surface area contributed by atoms with Gasteiger partial charge in [-0.05, 0) is 27.0 Å². The van der Waals surface area contributed by atoms with Crippen molar-refractivity contribution in [2.75, 3.05) is 7.05 Å². The van der Waals surface area contributed by atoms with E-state index >= 15 is 0 Å². The summed E-state index contributed by atoms with van der Waals surface area (Å²) in [6, 6.07) is 7.56. The zero-order valence-corrected chi connectivity index (χ0v) is 9.73. The molecule has 0 amide bonds. The molecule has 1 rings (SSSR count). The molecule has 88 valence electrons. The van der Waals surface area contributed by atoms with E-state index in [0.717, 1.165) is 5.56 Å². The third kappa shape index (κ3) is 2.97. The Morgan fingerprint density at radius 1 is 1.38 bits per heavy atom. The number of carbonyl (C=O) groups is 1. The largest absolute Gasteiger partial charge is 0.479 e. The molecule has 4 heteroatoms. The average molecular weight is 223 g/mol. The topological polar surface area (TPSA) is 58.6 Å². The highest BCUT2D eigenvalue weighted by molar-refractivity contribution is 5.72. The Labute approximate surface area is 95.2 Å². The summed E-state index contributed by atoms with van der Waals surface area (Å²) in [7, 11) is 1.85. The van der Waals surface area contributed by atoms with E-state index < -0.39 is 12.1 Å². The Kier molecular flexibility index (Phi) is 4.31. The molecule has 2 unspecified atom stereocenters. The summed E-state index contributed by atoms with van der Waals surface area (Å²) in [4.78, 5) is 10.7. The van der Waals surface area contributed by atoms with Crippen molar-refractivity contribution in [1.29, 1.82) is 0 Å². The molecule has 2 N–H and O–H groups in total. The van der Waals surface area contributed by atoms with Crippen LogP contribution in [0.1, 0.15) is 25.5 Å². The minimum absolute atomic E-state index is 0.122. The second-order valence-corrected chi connectivity index (χ2v) is 3.65. The Hall–Kier alpha value is -1.55. The molecule has 0 bridgehead atoms. The van der Waals surface area contributed by atoms with Crippen molar-refractivity contribution in [3.63, 3.8) is 0 Å². The molecular weight excluding hydrogens is 206 g/mol. The predicted molar refractivity (Wildman–Crippen MR) is 61.6 cm³/mol. The first-order valence-electron chi connectivity index (χ1n) is 5.22. The average Bonchev–Trinajstić information content (AvgIpc) is 2.28. The van der Waals surface area contributed by atoms with Crippen molar-refractivity contribution >= 4 is 5.97 Å². The Bertz CT molecular complexity index is 365. The third-order valence-corrected chi connectivity index (χ3v) is 2.47. The molecule has 0 aromatic heterocycles. The van der Waals surface area contributed by atoms with Gasteiger partial charge < -0.3 is 15.2 Å².